The van der Waals surface area contributed by atoms with E-state index < -0.39 is 18.1 Å². The van der Waals surface area contributed by atoms with Crippen molar-refractivity contribution in [1.29, 1.82) is 0 Å². The number of aryl methyl sites for hydroxylation is 1. The lowest BCUT2D eigenvalue weighted by Crippen LogP contribution is -2.40. The van der Waals surface area contributed by atoms with Crippen molar-refractivity contribution in [3.63, 3.8) is 0 Å². The molecule has 0 aliphatic rings. The molecule has 26 heavy (non-hydrogen) atoms. The second-order valence-corrected chi connectivity index (χ2v) is 4.94. The summed E-state index contributed by atoms with van der Waals surface area (Å²) in [5.41, 5.74) is 0.425. The molecular weight excluding hydrogens is 363 g/mol. The zero-order chi connectivity index (χ0) is 20.3. The maximum atomic E-state index is 11.8. The smallest absolute Gasteiger partial charge is 0.430 e. The number of hydrogen-bond acceptors (Lipinski definition) is 6. The third-order valence-electron chi connectivity index (χ3n) is 2.61. The van der Waals surface area contributed by atoms with Gasteiger partial charge in [-0.25, -0.2) is 0 Å². The fourth-order valence-corrected chi connectivity index (χ4v) is 1.46. The van der Waals surface area contributed by atoms with Crippen molar-refractivity contribution in [2.75, 3.05) is 13.7 Å². The fourth-order valence-electron chi connectivity index (χ4n) is 1.46. The lowest BCUT2D eigenvalue weighted by Gasteiger charge is -2.11. The van der Waals surface area contributed by atoms with Crippen molar-refractivity contribution < 1.29 is 47.2 Å². The molecule has 12 heteroatoms. The summed E-state index contributed by atoms with van der Waals surface area (Å²) in [7, 11) is 1.57. The first-order valence-electron chi connectivity index (χ1n) is 7.13. The largest absolute Gasteiger partial charge is 0.542 e. The summed E-state index contributed by atoms with van der Waals surface area (Å²) in [5, 5.41) is 24.1. The molecule has 0 saturated carbocycles. The van der Waals surface area contributed by atoms with Crippen LogP contribution in [0.5, 0.6) is 0 Å². The Morgan fingerprint density at radius 3 is 2.38 bits per heavy atom. The normalized spacial score (nSPS) is 11.7. The van der Waals surface area contributed by atoms with Gasteiger partial charge < -0.3 is 25.1 Å². The number of amides is 1. The molecule has 1 rings (SSSR count). The van der Waals surface area contributed by atoms with Gasteiger partial charge in [0.05, 0.1) is 12.2 Å². The molecule has 1 aromatic rings. The lowest BCUT2D eigenvalue weighted by atomic mass is 10.2. The molecule has 2 N–H and O–H groups in total. The summed E-state index contributed by atoms with van der Waals surface area (Å²) in [6.07, 6.45) is -2.20. The Labute approximate surface area is 146 Å². The molecule has 0 aromatic carbocycles. The first kappa shape index (κ1) is 23.2. The maximum Gasteiger partial charge on any atom is 0.430 e. The topological polar surface area (TPSA) is 133 Å². The van der Waals surface area contributed by atoms with Gasteiger partial charge in [0.2, 0.25) is 0 Å². The number of aromatic nitrogens is 2. The third-order valence-corrected chi connectivity index (χ3v) is 2.61. The number of rotatable bonds is 7. The highest BCUT2D eigenvalue weighted by Gasteiger charge is 2.28. The highest BCUT2D eigenvalue weighted by atomic mass is 19.4. The van der Waals surface area contributed by atoms with Crippen LogP contribution in [0.1, 0.15) is 23.7 Å². The van der Waals surface area contributed by atoms with Crippen LogP contribution in [0.2, 0.25) is 0 Å². The molecule has 0 aliphatic heterocycles. The molecule has 0 spiro atoms. The molecule has 1 heterocycles. The zero-order valence-electron chi connectivity index (χ0n) is 13.9. The quantitative estimate of drug-likeness (QED) is 0.573. The molecule has 0 saturated heterocycles. The predicted molar refractivity (Wildman–Crippen MR) is 76.6 cm³/mol. The lowest BCUT2D eigenvalue weighted by molar-refractivity contribution is -0.753. The van der Waals surface area contributed by atoms with Gasteiger partial charge >= 0.3 is 12.1 Å². The minimum absolute atomic E-state index is 0.00587. The van der Waals surface area contributed by atoms with E-state index in [1.165, 1.54) is 10.9 Å². The molecular formula is C14H18F3N3O6. The van der Waals surface area contributed by atoms with Gasteiger partial charge in [0.1, 0.15) is 18.6 Å². The van der Waals surface area contributed by atoms with E-state index >= 15 is 0 Å². The minimum atomic E-state index is -5.19. The van der Waals surface area contributed by atoms with Crippen LogP contribution in [-0.4, -0.2) is 54.0 Å². The van der Waals surface area contributed by atoms with Gasteiger partial charge in [-0.1, -0.05) is 4.68 Å². The average molecular weight is 381 g/mol. The van der Waals surface area contributed by atoms with Gasteiger partial charge in [0.15, 0.2) is 12.7 Å². The molecule has 9 nitrogen and oxygen atoms in total. The molecule has 1 amide bonds. The number of aliphatic carboxylic acids is 2. The monoisotopic (exact) mass is 381 g/mol. The van der Waals surface area contributed by atoms with Crippen molar-refractivity contribution >= 4 is 17.8 Å². The summed E-state index contributed by atoms with van der Waals surface area (Å²) in [4.78, 5) is 31.0. The molecule has 146 valence electrons. The molecule has 0 fully saturated rings. The van der Waals surface area contributed by atoms with Crippen LogP contribution in [-0.2, 0) is 20.9 Å². The summed E-state index contributed by atoms with van der Waals surface area (Å²) in [6.45, 7) is 2.55. The van der Waals surface area contributed by atoms with E-state index in [4.69, 9.17) is 19.7 Å². The van der Waals surface area contributed by atoms with E-state index in [0.29, 0.717) is 12.2 Å². The van der Waals surface area contributed by atoms with Crippen LogP contribution in [0, 0.1) is 0 Å². The first-order chi connectivity index (χ1) is 12.0. The Morgan fingerprint density at radius 1 is 1.42 bits per heavy atom. The number of methoxy groups -OCH3 is 1. The van der Waals surface area contributed by atoms with Gasteiger partial charge in [0.25, 0.3) is 5.91 Å². The fraction of sp³-hybridized carbons (Fsp3) is 0.500. The van der Waals surface area contributed by atoms with Gasteiger partial charge in [-0.3, -0.25) is 9.59 Å². The third kappa shape index (κ3) is 10.2. The Hall–Kier alpha value is -2.76. The number of carboxylic acids is 2. The van der Waals surface area contributed by atoms with Crippen LogP contribution in [0.25, 0.3) is 0 Å². The number of alkyl halides is 3. The van der Waals surface area contributed by atoms with Crippen LogP contribution >= 0.6 is 0 Å². The summed E-state index contributed by atoms with van der Waals surface area (Å²) in [6, 6.07) is 1.51. The van der Waals surface area contributed by atoms with Crippen LogP contribution in [0.3, 0.4) is 0 Å². The van der Waals surface area contributed by atoms with Gasteiger partial charge in [-0.05, 0) is 12.0 Å². The number of carbonyl (C=O) groups is 3. The Bertz CT molecular complexity index is 607. The SMILES string of the molecule is COCC(C)NC(=O)c1cc[n+](CCC(=O)O)nc1.O=C([O-])C(F)(F)F. The highest BCUT2D eigenvalue weighted by Crippen LogP contribution is 2.11. The number of hydrogen-bond donors (Lipinski definition) is 2. The number of carboxylic acid groups (broad SMARTS) is 2. The van der Waals surface area contributed by atoms with Crippen molar-refractivity contribution in [2.24, 2.45) is 0 Å². The minimum Gasteiger partial charge on any atom is -0.542 e. The van der Waals surface area contributed by atoms with Crippen LogP contribution in [0.4, 0.5) is 13.2 Å². The van der Waals surface area contributed by atoms with Crippen molar-refractivity contribution in [2.45, 2.75) is 32.1 Å². The Balaban J connectivity index is 0.000000758. The number of ether oxygens (including phenoxy) is 1. The van der Waals surface area contributed by atoms with E-state index in [9.17, 15) is 22.8 Å². The zero-order valence-corrected chi connectivity index (χ0v) is 13.9. The van der Waals surface area contributed by atoms with E-state index in [1.54, 1.807) is 19.4 Å². The summed E-state index contributed by atoms with van der Waals surface area (Å²) < 4.78 is 37.9. The molecule has 1 atom stereocenters. The Morgan fingerprint density at radius 2 is 2.00 bits per heavy atom. The molecule has 0 radical (unpaired) electrons. The van der Waals surface area contributed by atoms with Crippen molar-refractivity contribution in [1.82, 2.24) is 10.4 Å². The van der Waals surface area contributed by atoms with Gasteiger partial charge in [0, 0.05) is 19.2 Å². The number of carbonyl (C=O) groups excluding carboxylic acids is 2. The van der Waals surface area contributed by atoms with Crippen LogP contribution in [0.15, 0.2) is 18.5 Å². The maximum absolute atomic E-state index is 11.8. The number of nitrogens with zero attached hydrogens (tertiary/aromatic N) is 2. The van der Waals surface area contributed by atoms with Crippen LogP contribution < -0.4 is 15.1 Å². The summed E-state index contributed by atoms with van der Waals surface area (Å²) in [5.74, 6) is -4.13. The standard InChI is InChI=1S/C12H17N3O4.C2HF3O2/c1-9(8-19-2)14-12(18)10-3-5-15(13-7-10)6-4-11(16)17;3-2(4,5)1(6)7/h3,5,7,9H,4,6,8H2,1-2H3,(H-,14,16,17,18);(H,6,7). The molecule has 1 unspecified atom stereocenters. The molecule has 0 bridgehead atoms. The molecule has 1 aromatic heterocycles. The van der Waals surface area contributed by atoms with Crippen molar-refractivity contribution in [3.05, 3.63) is 24.0 Å². The number of halogens is 3. The summed E-state index contributed by atoms with van der Waals surface area (Å²) >= 11 is 0. The van der Waals surface area contributed by atoms with E-state index in [0.717, 1.165) is 0 Å². The molecule has 0 aliphatic carbocycles. The first-order valence-corrected chi connectivity index (χ1v) is 7.13. The second kappa shape index (κ2) is 11.0. The number of nitrogens with one attached hydrogen (secondary N) is 1. The van der Waals surface area contributed by atoms with Crippen molar-refractivity contribution in [3.8, 4) is 0 Å². The second-order valence-electron chi connectivity index (χ2n) is 4.94. The van der Waals surface area contributed by atoms with Gasteiger partial charge in [-0.2, -0.15) is 13.2 Å². The van der Waals surface area contributed by atoms with E-state index in [2.05, 4.69) is 10.4 Å². The van der Waals surface area contributed by atoms with Gasteiger partial charge in [-0.15, -0.1) is 0 Å². The average Bonchev–Trinajstić information content (AvgIpc) is 2.53. The highest BCUT2D eigenvalue weighted by molar-refractivity contribution is 5.93. The van der Waals surface area contributed by atoms with E-state index in [1.807, 2.05) is 6.92 Å². The van der Waals surface area contributed by atoms with E-state index in [-0.39, 0.29) is 24.9 Å². The Kier molecular flexibility index (Phi) is 9.81. The predicted octanol–water partition coefficient (Wildman–Crippen LogP) is -1.09.